The van der Waals surface area contributed by atoms with Crippen molar-refractivity contribution in [2.75, 3.05) is 23.3 Å². The number of amides is 1. The first-order valence-corrected chi connectivity index (χ1v) is 8.55. The van der Waals surface area contributed by atoms with Crippen molar-refractivity contribution in [3.63, 3.8) is 0 Å². The maximum Gasteiger partial charge on any atom is 0.266 e. The highest BCUT2D eigenvalue weighted by atomic mass is 35.5. The Morgan fingerprint density at radius 1 is 1.31 bits per heavy atom. The second-order valence-electron chi connectivity index (χ2n) is 6.47. The minimum Gasteiger partial charge on any atom is -0.348 e. The lowest BCUT2D eigenvalue weighted by Crippen LogP contribution is -2.27. The zero-order valence-corrected chi connectivity index (χ0v) is 15.1. The Bertz CT molecular complexity index is 813. The molecule has 0 bridgehead atoms. The second-order valence-corrected chi connectivity index (χ2v) is 6.83. The summed E-state index contributed by atoms with van der Waals surface area (Å²) in [7, 11) is 0. The number of hydrogen-bond donors (Lipinski definition) is 1. The van der Waals surface area contributed by atoms with Gasteiger partial charge in [-0.25, -0.2) is 18.7 Å². The standard InChI is InChI=1S/C17H18ClF2N5O/c1-10(2)12-4-3-11(7-21-12)16(26)24-13-14(18)22-9-23-15(13)25-6-5-17(19,20)8-25/h3-4,7,9-10H,5-6,8H2,1-2H3,(H,24,26). The van der Waals surface area contributed by atoms with Crippen molar-refractivity contribution in [2.24, 2.45) is 0 Å². The average molecular weight is 382 g/mol. The van der Waals surface area contributed by atoms with Crippen molar-refractivity contribution in [2.45, 2.75) is 32.1 Å². The molecule has 3 rings (SSSR count). The molecule has 0 aliphatic carbocycles. The Hall–Kier alpha value is -2.35. The van der Waals surface area contributed by atoms with Gasteiger partial charge in [0, 0.05) is 24.9 Å². The molecule has 0 spiro atoms. The molecule has 1 aliphatic heterocycles. The number of aromatic nitrogens is 3. The van der Waals surface area contributed by atoms with Crippen molar-refractivity contribution in [3.8, 4) is 0 Å². The summed E-state index contributed by atoms with van der Waals surface area (Å²) in [5.41, 5.74) is 1.31. The van der Waals surface area contributed by atoms with Crippen molar-refractivity contribution >= 4 is 29.0 Å². The van der Waals surface area contributed by atoms with E-state index in [1.54, 1.807) is 12.1 Å². The van der Waals surface area contributed by atoms with E-state index in [2.05, 4.69) is 20.3 Å². The predicted octanol–water partition coefficient (Wildman–Crippen LogP) is 3.75. The molecule has 0 unspecified atom stereocenters. The summed E-state index contributed by atoms with van der Waals surface area (Å²) >= 11 is 6.08. The number of hydrogen-bond acceptors (Lipinski definition) is 5. The third-order valence-corrected chi connectivity index (χ3v) is 4.42. The van der Waals surface area contributed by atoms with Crippen LogP contribution < -0.4 is 10.2 Å². The van der Waals surface area contributed by atoms with Crippen molar-refractivity contribution in [1.82, 2.24) is 15.0 Å². The van der Waals surface area contributed by atoms with E-state index < -0.39 is 18.4 Å². The van der Waals surface area contributed by atoms with Gasteiger partial charge in [0.05, 0.1) is 12.1 Å². The van der Waals surface area contributed by atoms with Gasteiger partial charge in [-0.2, -0.15) is 0 Å². The molecule has 1 saturated heterocycles. The van der Waals surface area contributed by atoms with Crippen LogP contribution in [-0.2, 0) is 0 Å². The number of rotatable bonds is 4. The molecule has 1 fully saturated rings. The van der Waals surface area contributed by atoms with E-state index in [0.29, 0.717) is 5.56 Å². The smallest absolute Gasteiger partial charge is 0.266 e. The summed E-state index contributed by atoms with van der Waals surface area (Å²) in [6.45, 7) is 3.64. The first-order chi connectivity index (χ1) is 12.3. The molecule has 9 heteroatoms. The van der Waals surface area contributed by atoms with Crippen molar-refractivity contribution in [3.05, 3.63) is 41.1 Å². The van der Waals surface area contributed by atoms with Crippen LogP contribution >= 0.6 is 11.6 Å². The fourth-order valence-corrected chi connectivity index (χ4v) is 2.86. The lowest BCUT2D eigenvalue weighted by atomic mass is 10.1. The molecule has 0 radical (unpaired) electrons. The van der Waals surface area contributed by atoms with Crippen LogP contribution in [0, 0.1) is 0 Å². The number of carbonyl (C=O) groups excluding carboxylic acids is 1. The predicted molar refractivity (Wildman–Crippen MR) is 95.1 cm³/mol. The molecule has 26 heavy (non-hydrogen) atoms. The lowest BCUT2D eigenvalue weighted by Gasteiger charge is -2.20. The highest BCUT2D eigenvalue weighted by Gasteiger charge is 2.40. The third kappa shape index (κ3) is 3.90. The minimum atomic E-state index is -2.80. The van der Waals surface area contributed by atoms with Gasteiger partial charge < -0.3 is 10.2 Å². The molecule has 2 aromatic rings. The number of halogens is 3. The van der Waals surface area contributed by atoms with Gasteiger partial charge in [0.2, 0.25) is 0 Å². The van der Waals surface area contributed by atoms with E-state index in [0.717, 1.165) is 5.69 Å². The van der Waals surface area contributed by atoms with E-state index in [9.17, 15) is 13.6 Å². The van der Waals surface area contributed by atoms with E-state index >= 15 is 0 Å². The highest BCUT2D eigenvalue weighted by molar-refractivity contribution is 6.33. The molecule has 1 aliphatic rings. The normalized spacial score (nSPS) is 16.2. The van der Waals surface area contributed by atoms with Gasteiger partial charge in [0.25, 0.3) is 11.8 Å². The van der Waals surface area contributed by atoms with Crippen LogP contribution in [0.2, 0.25) is 5.15 Å². The molecule has 1 amide bonds. The molecule has 2 aromatic heterocycles. The number of nitrogens with one attached hydrogen (secondary N) is 1. The van der Waals surface area contributed by atoms with Gasteiger partial charge in [-0.1, -0.05) is 25.4 Å². The summed E-state index contributed by atoms with van der Waals surface area (Å²) in [6.07, 6.45) is 2.37. The van der Waals surface area contributed by atoms with E-state index in [1.165, 1.54) is 17.4 Å². The van der Waals surface area contributed by atoms with Crippen LogP contribution in [0.25, 0.3) is 0 Å². The van der Waals surface area contributed by atoms with Crippen LogP contribution in [0.5, 0.6) is 0 Å². The first kappa shape index (κ1) is 18.4. The molecule has 0 saturated carbocycles. The fourth-order valence-electron chi connectivity index (χ4n) is 2.69. The van der Waals surface area contributed by atoms with Crippen LogP contribution in [-0.4, -0.2) is 39.9 Å². The molecule has 138 valence electrons. The van der Waals surface area contributed by atoms with Crippen LogP contribution in [0.3, 0.4) is 0 Å². The van der Waals surface area contributed by atoms with Crippen molar-refractivity contribution < 1.29 is 13.6 Å². The molecule has 0 aromatic carbocycles. The number of nitrogens with zero attached hydrogens (tertiary/aromatic N) is 4. The minimum absolute atomic E-state index is 0.00896. The maximum atomic E-state index is 13.5. The number of pyridine rings is 1. The largest absolute Gasteiger partial charge is 0.348 e. The number of carbonyl (C=O) groups is 1. The first-order valence-electron chi connectivity index (χ1n) is 8.17. The summed E-state index contributed by atoms with van der Waals surface area (Å²) < 4.78 is 27.1. The Morgan fingerprint density at radius 3 is 2.65 bits per heavy atom. The van der Waals surface area contributed by atoms with Gasteiger partial charge in [-0.15, -0.1) is 0 Å². The van der Waals surface area contributed by atoms with E-state index in [1.807, 2.05) is 13.8 Å². The monoisotopic (exact) mass is 381 g/mol. The lowest BCUT2D eigenvalue weighted by molar-refractivity contribution is 0.0257. The summed E-state index contributed by atoms with van der Waals surface area (Å²) in [4.78, 5) is 26.0. The molecule has 1 N–H and O–H groups in total. The second kappa shape index (κ2) is 7.11. The Kier molecular flexibility index (Phi) is 5.04. The summed E-state index contributed by atoms with van der Waals surface area (Å²) in [5, 5.41) is 2.62. The zero-order valence-electron chi connectivity index (χ0n) is 14.3. The highest BCUT2D eigenvalue weighted by Crippen LogP contribution is 2.36. The molecular weight excluding hydrogens is 364 g/mol. The Morgan fingerprint density at radius 2 is 2.08 bits per heavy atom. The summed E-state index contributed by atoms with van der Waals surface area (Å²) in [6, 6.07) is 3.42. The van der Waals surface area contributed by atoms with Crippen molar-refractivity contribution in [1.29, 1.82) is 0 Å². The van der Waals surface area contributed by atoms with Gasteiger partial charge in [-0.05, 0) is 18.1 Å². The van der Waals surface area contributed by atoms with Gasteiger partial charge in [0.1, 0.15) is 12.0 Å². The molecule has 0 atom stereocenters. The third-order valence-electron chi connectivity index (χ3n) is 4.13. The topological polar surface area (TPSA) is 71.0 Å². The zero-order chi connectivity index (χ0) is 18.9. The summed E-state index contributed by atoms with van der Waals surface area (Å²) in [5.74, 6) is -2.83. The van der Waals surface area contributed by atoms with E-state index in [4.69, 9.17) is 11.6 Å². The van der Waals surface area contributed by atoms with Gasteiger partial charge in [-0.3, -0.25) is 9.78 Å². The average Bonchev–Trinajstić information content (AvgIpc) is 2.96. The number of alkyl halides is 2. The van der Waals surface area contributed by atoms with E-state index in [-0.39, 0.29) is 35.5 Å². The molecular formula is C17H18ClF2N5O. The maximum absolute atomic E-state index is 13.5. The quantitative estimate of drug-likeness (QED) is 0.817. The fraction of sp³-hybridized carbons (Fsp3) is 0.412. The Balaban J connectivity index is 1.84. The van der Waals surface area contributed by atoms with Gasteiger partial charge >= 0.3 is 0 Å². The van der Waals surface area contributed by atoms with Crippen LogP contribution in [0.4, 0.5) is 20.3 Å². The SMILES string of the molecule is CC(C)c1ccc(C(=O)Nc2c(Cl)ncnc2N2CCC(F)(F)C2)cn1. The molecule has 3 heterocycles. The van der Waals surface area contributed by atoms with Gasteiger partial charge in [0.15, 0.2) is 11.0 Å². The number of anilines is 2. The Labute approximate surface area is 154 Å². The van der Waals surface area contributed by atoms with Crippen LogP contribution in [0.1, 0.15) is 42.2 Å². The molecule has 6 nitrogen and oxygen atoms in total. The van der Waals surface area contributed by atoms with Crippen LogP contribution in [0.15, 0.2) is 24.7 Å².